The Balaban J connectivity index is 1.36. The van der Waals surface area contributed by atoms with Gasteiger partial charge in [-0.15, -0.1) is 0 Å². The summed E-state index contributed by atoms with van der Waals surface area (Å²) in [7, 11) is 0. The number of carbonyl (C=O) groups is 1. The number of nitrogens with one attached hydrogen (secondary N) is 1. The summed E-state index contributed by atoms with van der Waals surface area (Å²) in [5, 5.41) is 25.1. The molecule has 202 valence electrons. The summed E-state index contributed by atoms with van der Waals surface area (Å²) in [6.07, 6.45) is 10.1. The van der Waals surface area contributed by atoms with Crippen LogP contribution < -0.4 is 5.32 Å². The molecule has 4 rings (SSSR count). The highest BCUT2D eigenvalue weighted by atomic mass is 16.3. The number of fused-ring (bicyclic) bond motifs is 5. The molecule has 1 unspecified atom stereocenters. The first-order chi connectivity index (χ1) is 16.6. The Bertz CT molecular complexity index is 726. The minimum absolute atomic E-state index is 0.0167. The van der Waals surface area contributed by atoms with Gasteiger partial charge in [0, 0.05) is 19.5 Å². The highest BCUT2D eigenvalue weighted by Gasteiger charge is 2.63. The molecule has 4 aliphatic rings. The van der Waals surface area contributed by atoms with Crippen LogP contribution in [0.5, 0.6) is 0 Å². The molecule has 5 nitrogen and oxygen atoms in total. The van der Waals surface area contributed by atoms with E-state index in [0.717, 1.165) is 64.2 Å². The molecule has 4 fully saturated rings. The lowest BCUT2D eigenvalue weighted by molar-refractivity contribution is -0.174. The average molecular weight is 491 g/mol. The maximum Gasteiger partial charge on any atom is 0.220 e. The van der Waals surface area contributed by atoms with Crippen molar-refractivity contribution < 1.29 is 15.0 Å². The fourth-order valence-corrected chi connectivity index (χ4v) is 9.70. The molecule has 0 spiro atoms. The number of aliphatic hydroxyl groups is 2. The van der Waals surface area contributed by atoms with Gasteiger partial charge < -0.3 is 20.4 Å². The molecule has 0 heterocycles. The third-order valence-electron chi connectivity index (χ3n) is 12.0. The molecule has 5 heteroatoms. The van der Waals surface area contributed by atoms with Crippen LogP contribution in [0.4, 0.5) is 0 Å². The maximum absolute atomic E-state index is 12.5. The van der Waals surface area contributed by atoms with Crippen molar-refractivity contribution in [3.05, 3.63) is 0 Å². The molecule has 0 aromatic carbocycles. The zero-order valence-corrected chi connectivity index (χ0v) is 23.3. The van der Waals surface area contributed by atoms with Crippen LogP contribution in [0, 0.1) is 46.3 Å². The largest absolute Gasteiger partial charge is 0.393 e. The van der Waals surface area contributed by atoms with E-state index in [-0.39, 0.29) is 28.9 Å². The van der Waals surface area contributed by atoms with E-state index in [1.54, 1.807) is 0 Å². The van der Waals surface area contributed by atoms with Gasteiger partial charge in [-0.05, 0) is 117 Å². The second-order valence-corrected chi connectivity index (χ2v) is 13.3. The molecule has 0 saturated heterocycles. The zero-order chi connectivity index (χ0) is 25.4. The summed E-state index contributed by atoms with van der Waals surface area (Å²) in [4.78, 5) is 14.9. The van der Waals surface area contributed by atoms with Gasteiger partial charge in [0.05, 0.1) is 12.2 Å². The summed E-state index contributed by atoms with van der Waals surface area (Å²) < 4.78 is 0. The first-order valence-electron chi connectivity index (χ1n) is 15.0. The van der Waals surface area contributed by atoms with Gasteiger partial charge >= 0.3 is 0 Å². The fraction of sp³-hybridized carbons (Fsp3) is 0.967. The molecular formula is C30H54N2O3. The fourth-order valence-electron chi connectivity index (χ4n) is 9.70. The highest BCUT2D eigenvalue weighted by Crippen LogP contribution is 2.68. The lowest BCUT2D eigenvalue weighted by Crippen LogP contribution is -2.58. The molecule has 35 heavy (non-hydrogen) atoms. The van der Waals surface area contributed by atoms with E-state index < -0.39 is 0 Å². The van der Waals surface area contributed by atoms with Crippen molar-refractivity contribution in [1.29, 1.82) is 0 Å². The Kier molecular flexibility index (Phi) is 8.60. The zero-order valence-electron chi connectivity index (χ0n) is 23.3. The predicted molar refractivity (Wildman–Crippen MR) is 142 cm³/mol. The van der Waals surface area contributed by atoms with Crippen molar-refractivity contribution in [2.45, 2.75) is 111 Å². The van der Waals surface area contributed by atoms with Gasteiger partial charge in [-0.3, -0.25) is 4.79 Å². The van der Waals surface area contributed by atoms with Gasteiger partial charge in [-0.1, -0.05) is 34.6 Å². The number of likely N-dealkylation sites (N-methyl/N-ethyl adjacent to an activating group) is 1. The van der Waals surface area contributed by atoms with Crippen molar-refractivity contribution in [1.82, 2.24) is 10.2 Å². The van der Waals surface area contributed by atoms with Crippen molar-refractivity contribution >= 4 is 5.91 Å². The number of amides is 1. The number of hydrogen-bond donors (Lipinski definition) is 3. The number of nitrogens with zero attached hydrogens (tertiary/aromatic N) is 1. The second kappa shape index (κ2) is 11.0. The molecule has 0 aliphatic heterocycles. The highest BCUT2D eigenvalue weighted by molar-refractivity contribution is 5.75. The first kappa shape index (κ1) is 27.4. The molecule has 4 aliphatic carbocycles. The van der Waals surface area contributed by atoms with Gasteiger partial charge in [-0.2, -0.15) is 0 Å². The quantitative estimate of drug-likeness (QED) is 0.432. The number of hydrogen-bond acceptors (Lipinski definition) is 4. The molecule has 0 aromatic rings. The van der Waals surface area contributed by atoms with E-state index in [1.165, 1.54) is 25.7 Å². The maximum atomic E-state index is 12.5. The van der Waals surface area contributed by atoms with Crippen LogP contribution in [0.3, 0.4) is 0 Å². The monoisotopic (exact) mass is 490 g/mol. The average Bonchev–Trinajstić information content (AvgIpc) is 3.20. The third-order valence-corrected chi connectivity index (χ3v) is 12.0. The van der Waals surface area contributed by atoms with E-state index in [4.69, 9.17) is 0 Å². The summed E-state index contributed by atoms with van der Waals surface area (Å²) in [6.45, 7) is 15.3. The summed E-state index contributed by atoms with van der Waals surface area (Å²) in [6, 6.07) is 0. The van der Waals surface area contributed by atoms with E-state index in [2.05, 4.69) is 44.8 Å². The minimum atomic E-state index is -0.242. The Hall–Kier alpha value is -0.650. The van der Waals surface area contributed by atoms with Crippen LogP contribution in [0.15, 0.2) is 0 Å². The number of rotatable bonds is 9. The van der Waals surface area contributed by atoms with Crippen LogP contribution in [0.1, 0.15) is 98.8 Å². The summed E-state index contributed by atoms with van der Waals surface area (Å²) >= 11 is 0. The van der Waals surface area contributed by atoms with Crippen LogP contribution >= 0.6 is 0 Å². The number of aliphatic hydroxyl groups excluding tert-OH is 2. The molecule has 3 N–H and O–H groups in total. The Morgan fingerprint density at radius 3 is 2.49 bits per heavy atom. The molecule has 10 atom stereocenters. The van der Waals surface area contributed by atoms with Crippen LogP contribution in [-0.4, -0.2) is 59.4 Å². The Labute approximate surface area is 214 Å². The van der Waals surface area contributed by atoms with Crippen molar-refractivity contribution in [2.24, 2.45) is 46.3 Å². The van der Waals surface area contributed by atoms with Gasteiger partial charge in [0.1, 0.15) is 0 Å². The van der Waals surface area contributed by atoms with Gasteiger partial charge in [-0.25, -0.2) is 0 Å². The Morgan fingerprint density at radius 1 is 1.03 bits per heavy atom. The molecule has 0 radical (unpaired) electrons. The predicted octanol–water partition coefficient (Wildman–Crippen LogP) is 4.85. The molecule has 4 saturated carbocycles. The van der Waals surface area contributed by atoms with Crippen molar-refractivity contribution in [2.75, 3.05) is 26.2 Å². The minimum Gasteiger partial charge on any atom is -0.393 e. The van der Waals surface area contributed by atoms with E-state index in [0.29, 0.717) is 36.0 Å². The topological polar surface area (TPSA) is 72.8 Å². The molecule has 1 amide bonds. The van der Waals surface area contributed by atoms with E-state index >= 15 is 0 Å². The first-order valence-corrected chi connectivity index (χ1v) is 15.0. The molecule has 0 aromatic heterocycles. The standard InChI is InChI=1S/C30H54N2O3/c1-6-32(7-2)17-16-31-28(35)13-8-20(3)24-11-12-25-23-10-9-21-18-22(33)14-15-29(21,4)26(23)19-27(34)30(24,25)5/h20-27,33-34H,6-19H2,1-5H3,(H,31,35)/t20?,21-,22-,23+,24-,25+,26+,27+,29+,30-/m1/s1. The molecule has 0 bridgehead atoms. The second-order valence-electron chi connectivity index (χ2n) is 13.3. The lowest BCUT2D eigenvalue weighted by Gasteiger charge is -2.62. The SMILES string of the molecule is CCN(CC)CCNC(=O)CCC(C)[C@H]1CC[C@H]2[C@@H]3CC[C@@H]4C[C@H](O)CC[C@]4(C)[C@H]3C[C@H](O)[C@]12C. The lowest BCUT2D eigenvalue weighted by atomic mass is 9.43. The van der Waals surface area contributed by atoms with Crippen molar-refractivity contribution in [3.63, 3.8) is 0 Å². The van der Waals surface area contributed by atoms with E-state index in [9.17, 15) is 15.0 Å². The Morgan fingerprint density at radius 2 is 1.77 bits per heavy atom. The van der Waals surface area contributed by atoms with Gasteiger partial charge in [0.25, 0.3) is 0 Å². The van der Waals surface area contributed by atoms with Gasteiger partial charge in [0.15, 0.2) is 0 Å². The van der Waals surface area contributed by atoms with Crippen LogP contribution in [0.2, 0.25) is 0 Å². The molecular weight excluding hydrogens is 436 g/mol. The van der Waals surface area contributed by atoms with E-state index in [1.807, 2.05) is 0 Å². The van der Waals surface area contributed by atoms with Crippen LogP contribution in [-0.2, 0) is 4.79 Å². The summed E-state index contributed by atoms with van der Waals surface area (Å²) in [5.41, 5.74) is 0.272. The number of carbonyl (C=O) groups excluding carboxylic acids is 1. The third kappa shape index (κ3) is 5.08. The smallest absolute Gasteiger partial charge is 0.220 e. The summed E-state index contributed by atoms with van der Waals surface area (Å²) in [5.74, 6) is 3.70. The van der Waals surface area contributed by atoms with Crippen molar-refractivity contribution in [3.8, 4) is 0 Å². The normalized spacial score (nSPS) is 43.8. The van der Waals surface area contributed by atoms with Gasteiger partial charge in [0.2, 0.25) is 5.91 Å². The van der Waals surface area contributed by atoms with Crippen LogP contribution in [0.25, 0.3) is 0 Å².